The lowest BCUT2D eigenvalue weighted by Crippen LogP contribution is -2.12. The summed E-state index contributed by atoms with van der Waals surface area (Å²) in [6.07, 6.45) is 3.30. The van der Waals surface area contributed by atoms with Crippen LogP contribution in [0.2, 0.25) is 0 Å². The van der Waals surface area contributed by atoms with Gasteiger partial charge in [0.05, 0.1) is 10.2 Å². The number of hydrogen-bond donors (Lipinski definition) is 0. The Bertz CT molecular complexity index is 962. The Kier molecular flexibility index (Phi) is 4.26. The van der Waals surface area contributed by atoms with Gasteiger partial charge in [0.2, 0.25) is 0 Å². The number of aryl methyl sites for hydroxylation is 3. The minimum atomic E-state index is -0.246. The third-order valence-corrected chi connectivity index (χ3v) is 4.94. The van der Waals surface area contributed by atoms with Crippen molar-refractivity contribution in [1.82, 2.24) is 4.57 Å². The Hall–Kier alpha value is -2.46. The number of carbonyl (C=O) groups excluding carboxylic acids is 1. The van der Waals surface area contributed by atoms with E-state index in [1.807, 2.05) is 41.9 Å². The Morgan fingerprint density at radius 1 is 1.13 bits per heavy atom. The van der Waals surface area contributed by atoms with Gasteiger partial charge in [-0.2, -0.15) is 4.99 Å². The average Bonchev–Trinajstić information content (AvgIpc) is 2.83. The summed E-state index contributed by atoms with van der Waals surface area (Å²) in [6, 6.07) is 14.0. The van der Waals surface area contributed by atoms with E-state index in [0.29, 0.717) is 4.80 Å². The molecule has 0 aliphatic heterocycles. The summed E-state index contributed by atoms with van der Waals surface area (Å²) < 4.78 is 3.12. The quantitative estimate of drug-likeness (QED) is 0.657. The van der Waals surface area contributed by atoms with Gasteiger partial charge in [-0.3, -0.25) is 4.79 Å². The topological polar surface area (TPSA) is 34.4 Å². The highest BCUT2D eigenvalue weighted by Crippen LogP contribution is 2.21. The van der Waals surface area contributed by atoms with E-state index >= 15 is 0 Å². The molecule has 1 aromatic heterocycles. The lowest BCUT2D eigenvalue weighted by molar-refractivity contribution is -0.113. The van der Waals surface area contributed by atoms with Gasteiger partial charge in [-0.05, 0) is 48.7 Å². The molecule has 0 saturated heterocycles. The van der Waals surface area contributed by atoms with E-state index in [-0.39, 0.29) is 5.91 Å². The van der Waals surface area contributed by atoms with Crippen molar-refractivity contribution in [1.29, 1.82) is 0 Å². The van der Waals surface area contributed by atoms with Gasteiger partial charge >= 0.3 is 0 Å². The highest BCUT2D eigenvalue weighted by molar-refractivity contribution is 7.16. The van der Waals surface area contributed by atoms with Crippen LogP contribution in [0, 0.1) is 13.8 Å². The summed E-state index contributed by atoms with van der Waals surface area (Å²) in [7, 11) is 1.95. The molecule has 0 aliphatic carbocycles. The lowest BCUT2D eigenvalue weighted by Gasteiger charge is -2.00. The van der Waals surface area contributed by atoms with Crippen LogP contribution in [0.4, 0.5) is 0 Å². The Balaban J connectivity index is 1.96. The number of rotatable bonds is 2. The number of aromatic nitrogens is 1. The molecule has 0 unspecified atom stereocenters. The van der Waals surface area contributed by atoms with E-state index in [0.717, 1.165) is 15.8 Å². The number of hydrogen-bond acceptors (Lipinski definition) is 2. The van der Waals surface area contributed by atoms with Gasteiger partial charge in [-0.25, -0.2) is 0 Å². The molecule has 3 rings (SSSR count). The molecule has 0 aliphatic rings. The first-order chi connectivity index (χ1) is 11.0. The second kappa shape index (κ2) is 6.34. The third kappa shape index (κ3) is 3.32. The Morgan fingerprint density at radius 2 is 1.83 bits per heavy atom. The predicted octanol–water partition coefficient (Wildman–Crippen LogP) is 4.00. The van der Waals surface area contributed by atoms with Crippen molar-refractivity contribution in [2.75, 3.05) is 0 Å². The van der Waals surface area contributed by atoms with Crippen LogP contribution >= 0.6 is 11.3 Å². The zero-order valence-corrected chi connectivity index (χ0v) is 14.2. The SMILES string of the molecule is Cc1cc2sc(=NC(=O)C=Cc3ccccc3)n(C)c2cc1C. The molecule has 0 fully saturated rings. The van der Waals surface area contributed by atoms with Gasteiger partial charge in [-0.15, -0.1) is 0 Å². The fraction of sp³-hybridized carbons (Fsp3) is 0.158. The van der Waals surface area contributed by atoms with Crippen LogP contribution in [-0.4, -0.2) is 10.5 Å². The number of fused-ring (bicyclic) bond motifs is 1. The fourth-order valence-electron chi connectivity index (χ4n) is 2.35. The fourth-order valence-corrected chi connectivity index (χ4v) is 3.45. The molecule has 23 heavy (non-hydrogen) atoms. The minimum Gasteiger partial charge on any atom is -0.319 e. The third-order valence-electron chi connectivity index (χ3n) is 3.85. The molecule has 4 heteroatoms. The maximum atomic E-state index is 12.1. The molecule has 1 heterocycles. The van der Waals surface area contributed by atoms with Crippen LogP contribution in [0.3, 0.4) is 0 Å². The zero-order chi connectivity index (χ0) is 16.4. The van der Waals surface area contributed by atoms with Crippen molar-refractivity contribution in [2.45, 2.75) is 13.8 Å². The summed E-state index contributed by atoms with van der Waals surface area (Å²) >= 11 is 1.54. The van der Waals surface area contributed by atoms with Crippen molar-refractivity contribution in [2.24, 2.45) is 12.0 Å². The van der Waals surface area contributed by atoms with Gasteiger partial charge in [0.15, 0.2) is 4.80 Å². The Labute approximate surface area is 139 Å². The van der Waals surface area contributed by atoms with Crippen LogP contribution in [-0.2, 0) is 11.8 Å². The van der Waals surface area contributed by atoms with Crippen LogP contribution in [0.1, 0.15) is 16.7 Å². The summed E-state index contributed by atoms with van der Waals surface area (Å²) in [5.74, 6) is -0.246. The largest absolute Gasteiger partial charge is 0.319 e. The first kappa shape index (κ1) is 15.4. The monoisotopic (exact) mass is 322 g/mol. The van der Waals surface area contributed by atoms with Gasteiger partial charge in [0.1, 0.15) is 0 Å². The summed E-state index contributed by atoms with van der Waals surface area (Å²) in [5.41, 5.74) is 4.59. The van der Waals surface area contributed by atoms with Crippen molar-refractivity contribution >= 4 is 33.5 Å². The van der Waals surface area contributed by atoms with Crippen molar-refractivity contribution in [3.8, 4) is 0 Å². The second-order valence-corrected chi connectivity index (χ2v) is 6.55. The van der Waals surface area contributed by atoms with Crippen LogP contribution in [0.5, 0.6) is 0 Å². The zero-order valence-electron chi connectivity index (χ0n) is 13.4. The molecule has 3 aromatic rings. The van der Waals surface area contributed by atoms with Crippen molar-refractivity contribution in [3.05, 3.63) is 70.0 Å². The molecular weight excluding hydrogens is 304 g/mol. The van der Waals surface area contributed by atoms with Gasteiger partial charge in [0, 0.05) is 13.1 Å². The maximum Gasteiger partial charge on any atom is 0.272 e. The number of benzene rings is 2. The summed E-state index contributed by atoms with van der Waals surface area (Å²) in [4.78, 5) is 17.0. The molecule has 116 valence electrons. The number of nitrogens with zero attached hydrogens (tertiary/aromatic N) is 2. The number of thiazole rings is 1. The van der Waals surface area contributed by atoms with Crippen LogP contribution in [0.15, 0.2) is 53.5 Å². The molecule has 0 bridgehead atoms. The first-order valence-electron chi connectivity index (χ1n) is 7.43. The standard InChI is InChI=1S/C19H18N2OS/c1-13-11-16-17(12-14(13)2)23-19(21(16)3)20-18(22)10-9-15-7-5-4-6-8-15/h4-12H,1-3H3. The molecule has 0 N–H and O–H groups in total. The average molecular weight is 322 g/mol. The molecule has 3 nitrogen and oxygen atoms in total. The van der Waals surface area contributed by atoms with Crippen LogP contribution < -0.4 is 4.80 Å². The van der Waals surface area contributed by atoms with E-state index in [4.69, 9.17) is 0 Å². The highest BCUT2D eigenvalue weighted by Gasteiger charge is 2.06. The molecule has 0 atom stereocenters. The molecule has 0 radical (unpaired) electrons. The molecule has 1 amide bonds. The van der Waals surface area contributed by atoms with Crippen molar-refractivity contribution < 1.29 is 4.79 Å². The molecule has 0 saturated carbocycles. The summed E-state index contributed by atoms with van der Waals surface area (Å²) in [6.45, 7) is 4.19. The van der Waals surface area contributed by atoms with E-state index in [1.54, 1.807) is 6.08 Å². The van der Waals surface area contributed by atoms with E-state index in [1.165, 1.54) is 28.5 Å². The first-order valence-corrected chi connectivity index (χ1v) is 8.25. The van der Waals surface area contributed by atoms with E-state index in [2.05, 4.69) is 31.0 Å². The maximum absolute atomic E-state index is 12.1. The lowest BCUT2D eigenvalue weighted by atomic mass is 10.1. The molecular formula is C19H18N2OS. The second-order valence-electron chi connectivity index (χ2n) is 5.54. The summed E-state index contributed by atoms with van der Waals surface area (Å²) in [5, 5.41) is 0. The van der Waals surface area contributed by atoms with Crippen molar-refractivity contribution in [3.63, 3.8) is 0 Å². The highest BCUT2D eigenvalue weighted by atomic mass is 32.1. The normalized spacial score (nSPS) is 12.4. The van der Waals surface area contributed by atoms with Gasteiger partial charge in [-0.1, -0.05) is 41.7 Å². The number of carbonyl (C=O) groups is 1. The number of amides is 1. The van der Waals surface area contributed by atoms with E-state index in [9.17, 15) is 4.79 Å². The molecule has 0 spiro atoms. The van der Waals surface area contributed by atoms with E-state index < -0.39 is 0 Å². The Morgan fingerprint density at radius 3 is 2.57 bits per heavy atom. The minimum absolute atomic E-state index is 0.246. The van der Waals surface area contributed by atoms with Crippen LogP contribution in [0.25, 0.3) is 16.3 Å². The predicted molar refractivity (Wildman–Crippen MR) is 96.3 cm³/mol. The smallest absolute Gasteiger partial charge is 0.272 e. The van der Waals surface area contributed by atoms with Gasteiger partial charge in [0.25, 0.3) is 5.91 Å². The molecule has 2 aromatic carbocycles. The van der Waals surface area contributed by atoms with Gasteiger partial charge < -0.3 is 4.57 Å².